The summed E-state index contributed by atoms with van der Waals surface area (Å²) < 4.78 is 0. The van der Waals surface area contributed by atoms with E-state index >= 15 is 0 Å². The summed E-state index contributed by atoms with van der Waals surface area (Å²) in [6, 6.07) is 0. The molecule has 1 saturated carbocycles. The number of rotatable bonds is 0. The first-order valence-corrected chi connectivity index (χ1v) is 4.38. The minimum absolute atomic E-state index is 1.04. The smallest absolute Gasteiger partial charge is 0.0172 e. The van der Waals surface area contributed by atoms with Gasteiger partial charge in [-0.25, -0.2) is 0 Å². The first-order valence-electron chi connectivity index (χ1n) is 3.44. The minimum atomic E-state index is 1.04. The fourth-order valence-corrected chi connectivity index (χ4v) is 3.13. The molecule has 1 aliphatic heterocycles. The van der Waals surface area contributed by atoms with Crippen LogP contribution in [-0.2, 0) is 0 Å². The summed E-state index contributed by atoms with van der Waals surface area (Å²) >= 11 is 2.09. The summed E-state index contributed by atoms with van der Waals surface area (Å²) in [6.45, 7) is 0. The summed E-state index contributed by atoms with van der Waals surface area (Å²) in [4.78, 5) is 0. The third kappa shape index (κ3) is 0.680. The highest BCUT2D eigenvalue weighted by Crippen LogP contribution is 2.45. The van der Waals surface area contributed by atoms with Crippen molar-refractivity contribution in [2.75, 3.05) is 0 Å². The van der Waals surface area contributed by atoms with E-state index in [2.05, 4.69) is 17.5 Å². The third-order valence-corrected chi connectivity index (χ3v) is 3.61. The number of thioether (sulfide) groups is 1. The van der Waals surface area contributed by atoms with Crippen molar-refractivity contribution >= 4 is 11.8 Å². The topological polar surface area (TPSA) is 0 Å². The van der Waals surface area contributed by atoms with E-state index in [-0.39, 0.29) is 0 Å². The van der Waals surface area contributed by atoms with Crippen LogP contribution in [-0.4, -0.2) is 5.25 Å². The molecular formula is C7H11S. The largest absolute Gasteiger partial charge is 0.154 e. The van der Waals surface area contributed by atoms with Gasteiger partial charge in [0.15, 0.2) is 0 Å². The number of hydrogen-bond donors (Lipinski definition) is 0. The van der Waals surface area contributed by atoms with Crippen LogP contribution in [0.4, 0.5) is 0 Å². The van der Waals surface area contributed by atoms with Crippen LogP contribution in [0.2, 0.25) is 0 Å². The zero-order chi connectivity index (χ0) is 5.40. The van der Waals surface area contributed by atoms with Gasteiger partial charge in [0.05, 0.1) is 0 Å². The molecule has 1 heterocycles. The van der Waals surface area contributed by atoms with Gasteiger partial charge < -0.3 is 0 Å². The highest BCUT2D eigenvalue weighted by atomic mass is 32.2. The van der Waals surface area contributed by atoms with E-state index in [4.69, 9.17) is 0 Å². The maximum Gasteiger partial charge on any atom is 0.0172 e. The van der Waals surface area contributed by atoms with E-state index in [0.717, 1.165) is 11.2 Å². The molecule has 0 aromatic heterocycles. The Morgan fingerprint density at radius 3 is 3.25 bits per heavy atom. The molecule has 1 heteroatoms. The van der Waals surface area contributed by atoms with Crippen LogP contribution in [0.5, 0.6) is 0 Å². The van der Waals surface area contributed by atoms with Crippen molar-refractivity contribution in [3.05, 3.63) is 5.75 Å². The van der Waals surface area contributed by atoms with E-state index in [1.165, 1.54) is 25.7 Å². The van der Waals surface area contributed by atoms with Crippen molar-refractivity contribution in [1.82, 2.24) is 0 Å². The number of hydrogen-bond acceptors (Lipinski definition) is 1. The van der Waals surface area contributed by atoms with Crippen LogP contribution in [0.15, 0.2) is 0 Å². The van der Waals surface area contributed by atoms with E-state index < -0.39 is 0 Å². The molecule has 2 unspecified atom stereocenters. The van der Waals surface area contributed by atoms with E-state index in [0.29, 0.717) is 0 Å². The Morgan fingerprint density at radius 1 is 1.38 bits per heavy atom. The van der Waals surface area contributed by atoms with Crippen LogP contribution >= 0.6 is 11.8 Å². The molecule has 0 bridgehead atoms. The lowest BCUT2D eigenvalue weighted by Gasteiger charge is -2.03. The minimum Gasteiger partial charge on any atom is -0.154 e. The second-order valence-electron chi connectivity index (χ2n) is 2.77. The quantitative estimate of drug-likeness (QED) is 0.481. The lowest BCUT2D eigenvalue weighted by molar-refractivity contribution is 0.583. The predicted octanol–water partition coefficient (Wildman–Crippen LogP) is 2.45. The summed E-state index contributed by atoms with van der Waals surface area (Å²) in [6.07, 6.45) is 5.89. The fourth-order valence-electron chi connectivity index (χ4n) is 1.75. The Balaban J connectivity index is 2.04. The van der Waals surface area contributed by atoms with Gasteiger partial charge in [0, 0.05) is 11.0 Å². The van der Waals surface area contributed by atoms with E-state index in [9.17, 15) is 0 Å². The van der Waals surface area contributed by atoms with Crippen LogP contribution in [0.3, 0.4) is 0 Å². The molecule has 2 aliphatic rings. The van der Waals surface area contributed by atoms with Gasteiger partial charge >= 0.3 is 0 Å². The first-order chi connectivity index (χ1) is 3.97. The van der Waals surface area contributed by atoms with Crippen LogP contribution in [0.25, 0.3) is 0 Å². The molecule has 1 saturated heterocycles. The van der Waals surface area contributed by atoms with Crippen molar-refractivity contribution < 1.29 is 0 Å². The summed E-state index contributed by atoms with van der Waals surface area (Å²) in [5.74, 6) is 3.48. The van der Waals surface area contributed by atoms with Crippen molar-refractivity contribution in [2.24, 2.45) is 5.92 Å². The van der Waals surface area contributed by atoms with Crippen molar-refractivity contribution in [3.8, 4) is 0 Å². The van der Waals surface area contributed by atoms with Crippen LogP contribution in [0, 0.1) is 11.7 Å². The Morgan fingerprint density at radius 2 is 2.38 bits per heavy atom. The molecule has 0 spiro atoms. The third-order valence-electron chi connectivity index (χ3n) is 2.26. The van der Waals surface area contributed by atoms with Crippen LogP contribution in [0.1, 0.15) is 25.7 Å². The molecule has 1 radical (unpaired) electrons. The predicted molar refractivity (Wildman–Crippen MR) is 37.6 cm³/mol. The van der Waals surface area contributed by atoms with Crippen molar-refractivity contribution in [1.29, 1.82) is 0 Å². The first kappa shape index (κ1) is 5.16. The summed E-state index contributed by atoms with van der Waals surface area (Å²) in [5.41, 5.74) is 0. The molecule has 2 fully saturated rings. The maximum atomic E-state index is 2.40. The maximum absolute atomic E-state index is 2.40. The van der Waals surface area contributed by atoms with Crippen molar-refractivity contribution in [2.45, 2.75) is 30.9 Å². The van der Waals surface area contributed by atoms with Gasteiger partial charge in [-0.05, 0) is 25.2 Å². The molecule has 1 aliphatic carbocycles. The molecule has 0 aromatic carbocycles. The zero-order valence-electron chi connectivity index (χ0n) is 4.97. The molecule has 2 atom stereocenters. The Labute approximate surface area is 55.0 Å². The fraction of sp³-hybridized carbons (Fsp3) is 0.857. The Kier molecular flexibility index (Phi) is 1.25. The standard InChI is InChI=1S/C7H11S/c1-2-6-4-5-8-7(6)3-1/h5-7H,1-4H2. The molecule has 0 N–H and O–H groups in total. The second kappa shape index (κ2) is 1.94. The lowest BCUT2D eigenvalue weighted by atomic mass is 10.1. The van der Waals surface area contributed by atoms with Gasteiger partial charge in [0.1, 0.15) is 0 Å². The van der Waals surface area contributed by atoms with E-state index in [1.54, 1.807) is 0 Å². The van der Waals surface area contributed by atoms with Gasteiger partial charge in [0.2, 0.25) is 0 Å². The molecule has 8 heavy (non-hydrogen) atoms. The Bertz CT molecular complexity index is 70.4. The van der Waals surface area contributed by atoms with Gasteiger partial charge in [-0.1, -0.05) is 6.42 Å². The highest BCUT2D eigenvalue weighted by molar-refractivity contribution is 8.02. The lowest BCUT2D eigenvalue weighted by Crippen LogP contribution is -2.00. The normalized spacial score (nSPS) is 45.0. The van der Waals surface area contributed by atoms with Gasteiger partial charge in [-0.3, -0.25) is 0 Å². The average molecular weight is 127 g/mol. The van der Waals surface area contributed by atoms with Crippen LogP contribution < -0.4 is 0 Å². The Hall–Kier alpha value is 0.350. The molecule has 0 aromatic rings. The van der Waals surface area contributed by atoms with Gasteiger partial charge in [0.25, 0.3) is 0 Å². The second-order valence-corrected chi connectivity index (χ2v) is 3.98. The SMILES string of the molecule is [CH]1CC2CCCC2S1. The summed E-state index contributed by atoms with van der Waals surface area (Å²) in [7, 11) is 0. The molecule has 0 nitrogen and oxygen atoms in total. The zero-order valence-corrected chi connectivity index (χ0v) is 5.79. The average Bonchev–Trinajstić information content (AvgIpc) is 2.15. The molecule has 2 rings (SSSR count). The van der Waals surface area contributed by atoms with E-state index in [1.807, 2.05) is 0 Å². The van der Waals surface area contributed by atoms with Crippen molar-refractivity contribution in [3.63, 3.8) is 0 Å². The molecule has 45 valence electrons. The highest BCUT2D eigenvalue weighted by Gasteiger charge is 2.31. The monoisotopic (exact) mass is 127 g/mol. The van der Waals surface area contributed by atoms with Gasteiger partial charge in [-0.15, -0.1) is 0 Å². The summed E-state index contributed by atoms with van der Waals surface area (Å²) in [5, 5.41) is 1.04. The van der Waals surface area contributed by atoms with Gasteiger partial charge in [-0.2, -0.15) is 11.8 Å². The molecular weight excluding hydrogens is 116 g/mol. The molecule has 0 amide bonds. The number of fused-ring (bicyclic) bond motifs is 1.